The summed E-state index contributed by atoms with van der Waals surface area (Å²) in [6, 6.07) is 9.88. The molecule has 0 aliphatic carbocycles. The highest BCUT2D eigenvalue weighted by Gasteiger charge is 2.42. The smallest absolute Gasteiger partial charge is 0.273 e. The van der Waals surface area contributed by atoms with E-state index in [1.54, 1.807) is 31.3 Å². The number of nitrogens with zero attached hydrogens (tertiary/aromatic N) is 2. The van der Waals surface area contributed by atoms with Crippen LogP contribution in [0.2, 0.25) is 5.02 Å². The van der Waals surface area contributed by atoms with Crippen LogP contribution in [-0.4, -0.2) is 59.6 Å². The Hall–Kier alpha value is -3.23. The molecule has 0 saturated carbocycles. The van der Waals surface area contributed by atoms with Crippen molar-refractivity contribution in [3.63, 3.8) is 0 Å². The van der Waals surface area contributed by atoms with Gasteiger partial charge in [0.2, 0.25) is 0 Å². The first-order chi connectivity index (χ1) is 16.3. The Morgan fingerprint density at radius 1 is 1.15 bits per heavy atom. The monoisotopic (exact) mass is 485 g/mol. The number of amides is 1. The van der Waals surface area contributed by atoms with Gasteiger partial charge in [0.1, 0.15) is 17.1 Å². The Morgan fingerprint density at radius 2 is 1.91 bits per heavy atom. The third-order valence-corrected chi connectivity index (χ3v) is 6.03. The van der Waals surface area contributed by atoms with Crippen molar-refractivity contribution in [2.75, 3.05) is 27.4 Å². The number of fused-ring (bicyclic) bond motifs is 1. The number of halogens is 1. The standard InChI is InChI=1S/C25H28ClN3O5/c1-14(2)34-11-5-10-29-24(15-6-9-19(32-3)20(12-15)33-4)21-22(27-28-23(21)25(29)31)17-13-16(26)7-8-18(17)30/h6-9,12-14,24,30H,5,10-11H2,1-4H3,(H,27,28). The Balaban J connectivity index is 1.81. The van der Waals surface area contributed by atoms with E-state index in [0.29, 0.717) is 58.6 Å². The first-order valence-electron chi connectivity index (χ1n) is 11.1. The number of nitrogens with one attached hydrogen (secondary N) is 1. The molecule has 1 aliphatic heterocycles. The van der Waals surface area contributed by atoms with Crippen molar-refractivity contribution in [3.8, 4) is 28.5 Å². The van der Waals surface area contributed by atoms with Crippen LogP contribution >= 0.6 is 11.6 Å². The number of phenolic OH excluding ortho intramolecular Hbond substituents is 1. The number of rotatable bonds is 9. The first-order valence-corrected chi connectivity index (χ1v) is 11.4. The number of carbonyl (C=O) groups is 1. The van der Waals surface area contributed by atoms with Crippen LogP contribution < -0.4 is 9.47 Å². The summed E-state index contributed by atoms with van der Waals surface area (Å²) in [5, 5.41) is 18.3. The summed E-state index contributed by atoms with van der Waals surface area (Å²) in [6.45, 7) is 4.98. The summed E-state index contributed by atoms with van der Waals surface area (Å²) in [5.74, 6) is 1.01. The van der Waals surface area contributed by atoms with Crippen molar-refractivity contribution in [3.05, 3.63) is 58.2 Å². The highest BCUT2D eigenvalue weighted by atomic mass is 35.5. The lowest BCUT2D eigenvalue weighted by Crippen LogP contribution is -2.31. The molecule has 1 unspecified atom stereocenters. The molecule has 1 aliphatic rings. The summed E-state index contributed by atoms with van der Waals surface area (Å²) in [4.78, 5) is 15.2. The van der Waals surface area contributed by atoms with Gasteiger partial charge in [0.15, 0.2) is 11.5 Å². The molecule has 2 heterocycles. The van der Waals surface area contributed by atoms with Gasteiger partial charge in [-0.2, -0.15) is 5.10 Å². The molecule has 3 aromatic rings. The molecule has 0 fully saturated rings. The van der Waals surface area contributed by atoms with Crippen LogP contribution in [0.3, 0.4) is 0 Å². The third kappa shape index (κ3) is 4.43. The van der Waals surface area contributed by atoms with E-state index in [-0.39, 0.29) is 17.8 Å². The van der Waals surface area contributed by atoms with Crippen LogP contribution in [0.5, 0.6) is 17.2 Å². The molecule has 1 amide bonds. The lowest BCUT2D eigenvalue weighted by atomic mass is 9.95. The van der Waals surface area contributed by atoms with Gasteiger partial charge in [0.25, 0.3) is 5.91 Å². The average molecular weight is 486 g/mol. The maximum atomic E-state index is 13.5. The van der Waals surface area contributed by atoms with E-state index in [1.165, 1.54) is 6.07 Å². The molecule has 0 bridgehead atoms. The van der Waals surface area contributed by atoms with E-state index in [2.05, 4.69) is 10.2 Å². The molecule has 2 aromatic carbocycles. The number of aromatic nitrogens is 2. The Kier molecular flexibility index (Phi) is 7.00. The van der Waals surface area contributed by atoms with E-state index in [0.717, 1.165) is 5.56 Å². The first kappa shape index (κ1) is 23.9. The highest BCUT2D eigenvalue weighted by molar-refractivity contribution is 6.31. The molecule has 9 heteroatoms. The van der Waals surface area contributed by atoms with E-state index >= 15 is 0 Å². The summed E-state index contributed by atoms with van der Waals surface area (Å²) < 4.78 is 16.6. The summed E-state index contributed by atoms with van der Waals surface area (Å²) in [6.07, 6.45) is 0.786. The molecule has 2 N–H and O–H groups in total. The second-order valence-electron chi connectivity index (χ2n) is 8.31. The molecular formula is C25H28ClN3O5. The molecule has 1 atom stereocenters. The van der Waals surface area contributed by atoms with Crippen LogP contribution in [0.25, 0.3) is 11.3 Å². The van der Waals surface area contributed by atoms with Gasteiger partial charge in [-0.3, -0.25) is 9.89 Å². The number of H-pyrrole nitrogens is 1. The Labute approximate surface area is 203 Å². The number of hydrogen-bond acceptors (Lipinski definition) is 6. The maximum absolute atomic E-state index is 13.5. The van der Waals surface area contributed by atoms with Crippen LogP contribution in [-0.2, 0) is 4.74 Å². The van der Waals surface area contributed by atoms with Crippen molar-refractivity contribution in [1.82, 2.24) is 15.1 Å². The number of aromatic amines is 1. The number of aromatic hydroxyl groups is 1. The SMILES string of the molecule is COc1ccc(C2c3c(-c4cc(Cl)ccc4O)n[nH]c3C(=O)N2CCCOC(C)C)cc1OC. The quantitative estimate of drug-likeness (QED) is 0.422. The van der Waals surface area contributed by atoms with Crippen molar-refractivity contribution in [2.45, 2.75) is 32.4 Å². The summed E-state index contributed by atoms with van der Waals surface area (Å²) >= 11 is 6.21. The Bertz CT molecular complexity index is 1190. The van der Waals surface area contributed by atoms with E-state index in [4.69, 9.17) is 25.8 Å². The van der Waals surface area contributed by atoms with Crippen molar-refractivity contribution >= 4 is 17.5 Å². The molecule has 180 valence electrons. The number of benzene rings is 2. The Morgan fingerprint density at radius 3 is 2.62 bits per heavy atom. The van der Waals surface area contributed by atoms with Crippen molar-refractivity contribution in [2.24, 2.45) is 0 Å². The molecule has 1 aromatic heterocycles. The second kappa shape index (κ2) is 9.95. The maximum Gasteiger partial charge on any atom is 0.273 e. The van der Waals surface area contributed by atoms with Gasteiger partial charge >= 0.3 is 0 Å². The molecular weight excluding hydrogens is 458 g/mol. The average Bonchev–Trinajstić information content (AvgIpc) is 3.36. The number of methoxy groups -OCH3 is 2. The van der Waals surface area contributed by atoms with E-state index in [9.17, 15) is 9.90 Å². The third-order valence-electron chi connectivity index (χ3n) is 5.80. The topological polar surface area (TPSA) is 96.9 Å². The van der Waals surface area contributed by atoms with E-state index in [1.807, 2.05) is 32.0 Å². The fourth-order valence-corrected chi connectivity index (χ4v) is 4.43. The minimum Gasteiger partial charge on any atom is -0.507 e. The zero-order valence-electron chi connectivity index (χ0n) is 19.6. The van der Waals surface area contributed by atoms with Crippen LogP contribution in [0, 0.1) is 0 Å². The van der Waals surface area contributed by atoms with Crippen molar-refractivity contribution < 1.29 is 24.1 Å². The van der Waals surface area contributed by atoms with Gasteiger partial charge in [-0.25, -0.2) is 0 Å². The normalized spacial score (nSPS) is 15.2. The zero-order valence-corrected chi connectivity index (χ0v) is 20.3. The molecule has 34 heavy (non-hydrogen) atoms. The predicted octanol–water partition coefficient (Wildman–Crippen LogP) is 4.81. The minimum absolute atomic E-state index is 0.0287. The molecule has 0 saturated heterocycles. The molecule has 0 spiro atoms. The van der Waals surface area contributed by atoms with Crippen LogP contribution in [0.4, 0.5) is 0 Å². The van der Waals surface area contributed by atoms with E-state index < -0.39 is 6.04 Å². The second-order valence-corrected chi connectivity index (χ2v) is 8.75. The predicted molar refractivity (Wildman–Crippen MR) is 129 cm³/mol. The lowest BCUT2D eigenvalue weighted by molar-refractivity contribution is 0.0601. The molecule has 4 rings (SSSR count). The minimum atomic E-state index is -0.450. The molecule has 8 nitrogen and oxygen atoms in total. The summed E-state index contributed by atoms with van der Waals surface area (Å²) in [5.41, 5.74) is 2.83. The highest BCUT2D eigenvalue weighted by Crippen LogP contribution is 2.46. The van der Waals surface area contributed by atoms with Crippen LogP contribution in [0.15, 0.2) is 36.4 Å². The number of hydrogen-bond donors (Lipinski definition) is 2. The zero-order chi connectivity index (χ0) is 24.4. The van der Waals surface area contributed by atoms with Crippen LogP contribution in [0.1, 0.15) is 47.9 Å². The van der Waals surface area contributed by atoms with Gasteiger partial charge in [-0.15, -0.1) is 0 Å². The summed E-state index contributed by atoms with van der Waals surface area (Å²) in [7, 11) is 3.15. The van der Waals surface area contributed by atoms with Gasteiger partial charge in [-0.05, 0) is 56.2 Å². The van der Waals surface area contributed by atoms with Gasteiger partial charge < -0.3 is 24.2 Å². The fourth-order valence-electron chi connectivity index (χ4n) is 4.25. The number of phenols is 1. The largest absolute Gasteiger partial charge is 0.507 e. The van der Waals surface area contributed by atoms with Gasteiger partial charge in [0.05, 0.1) is 26.4 Å². The van der Waals surface area contributed by atoms with Gasteiger partial charge in [-0.1, -0.05) is 17.7 Å². The number of ether oxygens (including phenoxy) is 3. The molecule has 0 radical (unpaired) electrons. The van der Waals surface area contributed by atoms with Gasteiger partial charge in [0, 0.05) is 29.3 Å². The van der Waals surface area contributed by atoms with Crippen molar-refractivity contribution in [1.29, 1.82) is 0 Å². The number of carbonyl (C=O) groups excluding carboxylic acids is 1. The lowest BCUT2D eigenvalue weighted by Gasteiger charge is -2.27. The fraction of sp³-hybridized carbons (Fsp3) is 0.360.